The molecule has 0 radical (unpaired) electrons. The zero-order chi connectivity index (χ0) is 24.5. The van der Waals surface area contributed by atoms with Crippen molar-refractivity contribution < 1.29 is 14.4 Å². The Hall–Kier alpha value is -3.13. The van der Waals surface area contributed by atoms with Crippen LogP contribution < -0.4 is 10.6 Å². The minimum absolute atomic E-state index is 0.0577. The van der Waals surface area contributed by atoms with Crippen molar-refractivity contribution >= 4 is 40.3 Å². The van der Waals surface area contributed by atoms with Crippen molar-refractivity contribution in [1.29, 1.82) is 0 Å². The van der Waals surface area contributed by atoms with Gasteiger partial charge in [-0.05, 0) is 62.3 Å². The topological polar surface area (TPSA) is 90.9 Å². The molecule has 2 aliphatic heterocycles. The van der Waals surface area contributed by atoms with E-state index >= 15 is 0 Å². The van der Waals surface area contributed by atoms with E-state index in [0.717, 1.165) is 50.4 Å². The molecule has 0 unspecified atom stereocenters. The highest BCUT2D eigenvalue weighted by atomic mass is 32.2. The van der Waals surface area contributed by atoms with E-state index in [1.807, 2.05) is 18.2 Å². The SMILES string of the molecule is O=C(C[C@@H]1SC(N2CCCCC2)=NC1=O)Nc1cccc(C(=O)NCCCCc2ccccc2)c1. The molecule has 3 amide bonds. The Kier molecular flexibility index (Phi) is 8.95. The summed E-state index contributed by atoms with van der Waals surface area (Å²) in [5, 5.41) is 6.03. The third-order valence-corrected chi connectivity index (χ3v) is 7.37. The summed E-state index contributed by atoms with van der Waals surface area (Å²) in [6, 6.07) is 17.2. The van der Waals surface area contributed by atoms with E-state index in [-0.39, 0.29) is 24.1 Å². The van der Waals surface area contributed by atoms with Gasteiger partial charge in [0.15, 0.2) is 5.17 Å². The average molecular weight is 493 g/mol. The van der Waals surface area contributed by atoms with Crippen LogP contribution in [0.5, 0.6) is 0 Å². The number of hydrogen-bond donors (Lipinski definition) is 2. The molecule has 7 nitrogen and oxygen atoms in total. The van der Waals surface area contributed by atoms with Gasteiger partial charge in [-0.2, -0.15) is 4.99 Å². The quantitative estimate of drug-likeness (QED) is 0.511. The summed E-state index contributed by atoms with van der Waals surface area (Å²) >= 11 is 1.39. The molecule has 184 valence electrons. The first kappa shape index (κ1) is 25.0. The molecule has 0 aromatic heterocycles. The number of likely N-dealkylation sites (tertiary alicyclic amines) is 1. The van der Waals surface area contributed by atoms with Crippen molar-refractivity contribution in [3.05, 3.63) is 65.7 Å². The Morgan fingerprint density at radius 2 is 1.80 bits per heavy atom. The number of nitrogens with zero attached hydrogens (tertiary/aromatic N) is 2. The second-order valence-electron chi connectivity index (χ2n) is 8.92. The molecule has 2 heterocycles. The number of rotatable bonds is 9. The maximum absolute atomic E-state index is 12.6. The Balaban J connectivity index is 1.20. The summed E-state index contributed by atoms with van der Waals surface area (Å²) in [5.41, 5.74) is 2.33. The highest BCUT2D eigenvalue weighted by Crippen LogP contribution is 2.29. The number of amidine groups is 1. The van der Waals surface area contributed by atoms with Crippen LogP contribution in [0.3, 0.4) is 0 Å². The van der Waals surface area contributed by atoms with Gasteiger partial charge in [0.2, 0.25) is 5.91 Å². The third kappa shape index (κ3) is 7.42. The number of hydrogen-bond acceptors (Lipinski definition) is 5. The number of piperidine rings is 1. The second-order valence-corrected chi connectivity index (χ2v) is 10.1. The summed E-state index contributed by atoms with van der Waals surface area (Å²) in [5.74, 6) is -0.669. The fraction of sp³-hybridized carbons (Fsp3) is 0.407. The summed E-state index contributed by atoms with van der Waals surface area (Å²) in [7, 11) is 0. The number of amides is 3. The number of unbranched alkanes of at least 4 members (excludes halogenated alkanes) is 1. The van der Waals surface area contributed by atoms with Crippen LogP contribution in [-0.4, -0.2) is 52.7 Å². The molecule has 8 heteroatoms. The van der Waals surface area contributed by atoms with Gasteiger partial charge in [0, 0.05) is 37.3 Å². The number of anilines is 1. The Bertz CT molecular complexity index is 1070. The monoisotopic (exact) mass is 492 g/mol. The lowest BCUT2D eigenvalue weighted by Crippen LogP contribution is -2.33. The van der Waals surface area contributed by atoms with Crippen molar-refractivity contribution in [2.75, 3.05) is 25.0 Å². The first-order valence-electron chi connectivity index (χ1n) is 12.3. The highest BCUT2D eigenvalue weighted by Gasteiger charge is 2.33. The van der Waals surface area contributed by atoms with Gasteiger partial charge in [0.1, 0.15) is 5.25 Å². The van der Waals surface area contributed by atoms with Gasteiger partial charge in [-0.25, -0.2) is 0 Å². The number of thioether (sulfide) groups is 1. The Morgan fingerprint density at radius 1 is 1.00 bits per heavy atom. The maximum Gasteiger partial charge on any atom is 0.262 e. The molecule has 2 N–H and O–H groups in total. The van der Waals surface area contributed by atoms with Gasteiger partial charge >= 0.3 is 0 Å². The van der Waals surface area contributed by atoms with Crippen LogP contribution in [-0.2, 0) is 16.0 Å². The molecular weight excluding hydrogens is 460 g/mol. The number of carbonyl (C=O) groups excluding carboxylic acids is 3. The van der Waals surface area contributed by atoms with Gasteiger partial charge in [-0.15, -0.1) is 0 Å². The maximum atomic E-state index is 12.6. The van der Waals surface area contributed by atoms with Crippen LogP contribution in [0.15, 0.2) is 59.6 Å². The van der Waals surface area contributed by atoms with Crippen molar-refractivity contribution in [3.63, 3.8) is 0 Å². The molecular formula is C27H32N4O3S. The summed E-state index contributed by atoms with van der Waals surface area (Å²) in [6.45, 7) is 2.43. The first-order chi connectivity index (χ1) is 17.1. The largest absolute Gasteiger partial charge is 0.352 e. The van der Waals surface area contributed by atoms with E-state index in [4.69, 9.17) is 0 Å². The number of nitrogens with one attached hydrogen (secondary N) is 2. The van der Waals surface area contributed by atoms with Gasteiger partial charge in [-0.1, -0.05) is 48.2 Å². The lowest BCUT2D eigenvalue weighted by molar-refractivity contribution is -0.121. The molecule has 0 spiro atoms. The van der Waals surface area contributed by atoms with Crippen LogP contribution >= 0.6 is 11.8 Å². The van der Waals surface area contributed by atoms with Crippen LogP contribution in [0.1, 0.15) is 54.4 Å². The molecule has 0 bridgehead atoms. The van der Waals surface area contributed by atoms with Crippen LogP contribution in [0.2, 0.25) is 0 Å². The predicted octanol–water partition coefficient (Wildman–Crippen LogP) is 4.25. The van der Waals surface area contributed by atoms with Gasteiger partial charge in [-0.3, -0.25) is 14.4 Å². The molecule has 0 saturated carbocycles. The van der Waals surface area contributed by atoms with Crippen LogP contribution in [0.25, 0.3) is 0 Å². The smallest absolute Gasteiger partial charge is 0.262 e. The molecule has 2 aromatic carbocycles. The van der Waals surface area contributed by atoms with E-state index in [2.05, 4.69) is 32.7 Å². The molecule has 2 aliphatic rings. The average Bonchev–Trinajstić information content (AvgIpc) is 3.24. The fourth-order valence-corrected chi connectivity index (χ4v) is 5.37. The van der Waals surface area contributed by atoms with E-state index in [9.17, 15) is 14.4 Å². The van der Waals surface area contributed by atoms with Gasteiger partial charge < -0.3 is 15.5 Å². The molecule has 0 aliphatic carbocycles. The molecule has 35 heavy (non-hydrogen) atoms. The number of aryl methyl sites for hydroxylation is 1. The third-order valence-electron chi connectivity index (χ3n) is 6.16. The van der Waals surface area contributed by atoms with Crippen molar-refractivity contribution in [2.45, 2.75) is 50.2 Å². The van der Waals surface area contributed by atoms with Crippen molar-refractivity contribution in [3.8, 4) is 0 Å². The van der Waals surface area contributed by atoms with Crippen LogP contribution in [0.4, 0.5) is 5.69 Å². The minimum atomic E-state index is -0.491. The summed E-state index contributed by atoms with van der Waals surface area (Å²) < 4.78 is 0. The van der Waals surface area contributed by atoms with Crippen molar-refractivity contribution in [2.24, 2.45) is 4.99 Å². The van der Waals surface area contributed by atoms with Gasteiger partial charge in [0.25, 0.3) is 11.8 Å². The standard InChI is InChI=1S/C27H32N4O3S/c32-24(19-23-26(34)30-27(35-23)31-16-7-2-8-17-31)29-22-14-9-13-21(18-22)25(33)28-15-6-5-12-20-10-3-1-4-11-20/h1,3-4,9-11,13-14,18,23H,2,5-8,12,15-17,19H2,(H,28,33)(H,29,32)/t23-/m0/s1. The Labute approximate surface area is 210 Å². The van der Waals surface area contributed by atoms with Crippen LogP contribution in [0, 0.1) is 0 Å². The lowest BCUT2D eigenvalue weighted by Gasteiger charge is -2.27. The van der Waals surface area contributed by atoms with E-state index in [0.29, 0.717) is 17.8 Å². The van der Waals surface area contributed by atoms with E-state index < -0.39 is 5.25 Å². The number of carbonyl (C=O) groups is 3. The van der Waals surface area contributed by atoms with E-state index in [1.54, 1.807) is 24.3 Å². The van der Waals surface area contributed by atoms with Gasteiger partial charge in [0.05, 0.1) is 0 Å². The van der Waals surface area contributed by atoms with Crippen molar-refractivity contribution in [1.82, 2.24) is 10.2 Å². The minimum Gasteiger partial charge on any atom is -0.352 e. The molecule has 1 atom stereocenters. The van der Waals surface area contributed by atoms with E-state index in [1.165, 1.54) is 23.7 Å². The predicted molar refractivity (Wildman–Crippen MR) is 141 cm³/mol. The number of benzene rings is 2. The first-order valence-corrected chi connectivity index (χ1v) is 13.2. The summed E-state index contributed by atoms with van der Waals surface area (Å²) in [6.07, 6.45) is 6.37. The molecule has 1 saturated heterocycles. The summed E-state index contributed by atoms with van der Waals surface area (Å²) in [4.78, 5) is 43.8. The molecule has 1 fully saturated rings. The molecule has 4 rings (SSSR count). The zero-order valence-corrected chi connectivity index (χ0v) is 20.7. The number of aliphatic imine (C=N–C) groups is 1. The fourth-order valence-electron chi connectivity index (χ4n) is 4.25. The zero-order valence-electron chi connectivity index (χ0n) is 19.9. The normalized spacial score (nSPS) is 17.7. The Morgan fingerprint density at radius 3 is 2.60 bits per heavy atom. The molecule has 2 aromatic rings. The second kappa shape index (κ2) is 12.5. The highest BCUT2D eigenvalue weighted by molar-refractivity contribution is 8.15. The lowest BCUT2D eigenvalue weighted by atomic mass is 10.1.